The molecule has 29 heavy (non-hydrogen) atoms. The van der Waals surface area contributed by atoms with E-state index >= 15 is 0 Å². The van der Waals surface area contributed by atoms with Crippen LogP contribution in [-0.4, -0.2) is 23.7 Å². The van der Waals surface area contributed by atoms with E-state index in [9.17, 15) is 18.0 Å². The molecule has 2 aromatic rings. The molecule has 1 aliphatic rings. The molecule has 1 atom stereocenters. The Bertz CT molecular complexity index is 913. The first kappa shape index (κ1) is 21.7. The van der Waals surface area contributed by atoms with E-state index in [0.29, 0.717) is 11.3 Å². The van der Waals surface area contributed by atoms with Crippen molar-refractivity contribution in [1.29, 1.82) is 0 Å². The Kier molecular flexibility index (Phi) is 5.73. The molecule has 1 N–H and O–H groups in total. The molecule has 1 fully saturated rings. The van der Waals surface area contributed by atoms with Crippen molar-refractivity contribution in [2.45, 2.75) is 45.3 Å². The van der Waals surface area contributed by atoms with E-state index in [1.807, 2.05) is 19.9 Å². The molecule has 2 aromatic carbocycles. The number of urea groups is 1. The van der Waals surface area contributed by atoms with Crippen LogP contribution < -0.4 is 5.32 Å². The Hall–Kier alpha value is -2.02. The third-order valence-electron chi connectivity index (χ3n) is 5.33. The van der Waals surface area contributed by atoms with Crippen LogP contribution in [0.1, 0.15) is 37.8 Å². The third kappa shape index (κ3) is 4.77. The monoisotopic (exact) mass is 468 g/mol. The average Bonchev–Trinajstić information content (AvgIpc) is 2.85. The summed E-state index contributed by atoms with van der Waals surface area (Å²) in [5, 5.41) is 2.78. The first-order valence-corrected chi connectivity index (χ1v) is 10.2. The molecular weight excluding hydrogens is 445 g/mol. The number of aryl methyl sites for hydroxylation is 1. The second-order valence-electron chi connectivity index (χ2n) is 8.51. The predicted octanol–water partition coefficient (Wildman–Crippen LogP) is 6.87. The van der Waals surface area contributed by atoms with Crippen molar-refractivity contribution < 1.29 is 18.0 Å². The van der Waals surface area contributed by atoms with Gasteiger partial charge in [0.05, 0.1) is 12.0 Å². The number of nitrogens with one attached hydrogen (secondary N) is 1. The molecule has 0 radical (unpaired) electrons. The Labute approximate surface area is 177 Å². The van der Waals surface area contributed by atoms with Crippen LogP contribution >= 0.6 is 15.9 Å². The normalized spacial score (nSPS) is 21.3. The molecule has 1 saturated heterocycles. The number of hydrogen-bond acceptors (Lipinski definition) is 1. The average molecular weight is 469 g/mol. The number of nitrogens with zero attached hydrogens (tertiary/aromatic N) is 1. The minimum Gasteiger partial charge on any atom is -0.314 e. The lowest BCUT2D eigenvalue weighted by Crippen LogP contribution is -2.49. The van der Waals surface area contributed by atoms with Gasteiger partial charge in [-0.2, -0.15) is 13.2 Å². The summed E-state index contributed by atoms with van der Waals surface area (Å²) in [6.07, 6.45) is -5.27. The smallest absolute Gasteiger partial charge is 0.314 e. The molecule has 0 aliphatic carbocycles. The maximum absolute atomic E-state index is 13.8. The predicted molar refractivity (Wildman–Crippen MR) is 112 cm³/mol. The maximum atomic E-state index is 13.8. The lowest BCUT2D eigenvalue weighted by molar-refractivity contribution is -0.158. The molecule has 2 amide bonds. The SMILES string of the molecule is Cc1ccccc1[C@]1(CC(F)(F)F)CC(C)(C)CN1C(=O)Nc1cccc(Br)c1. The zero-order valence-corrected chi connectivity index (χ0v) is 18.2. The van der Waals surface area contributed by atoms with Crippen molar-refractivity contribution in [2.24, 2.45) is 5.41 Å². The highest BCUT2D eigenvalue weighted by Gasteiger charge is 2.57. The zero-order chi connectivity index (χ0) is 21.4. The highest BCUT2D eigenvalue weighted by Crippen LogP contribution is 2.53. The van der Waals surface area contributed by atoms with Gasteiger partial charge in [0.1, 0.15) is 0 Å². The van der Waals surface area contributed by atoms with Gasteiger partial charge in [-0.1, -0.05) is 60.1 Å². The fraction of sp³-hybridized carbons (Fsp3) is 0.409. The summed E-state index contributed by atoms with van der Waals surface area (Å²) in [5.74, 6) is 0. The topological polar surface area (TPSA) is 32.3 Å². The van der Waals surface area contributed by atoms with Crippen LogP contribution in [0.5, 0.6) is 0 Å². The molecule has 0 unspecified atom stereocenters. The van der Waals surface area contributed by atoms with Gasteiger partial charge in [0.2, 0.25) is 0 Å². The number of anilines is 1. The van der Waals surface area contributed by atoms with Crippen LogP contribution in [0.25, 0.3) is 0 Å². The Morgan fingerprint density at radius 1 is 1.17 bits per heavy atom. The second kappa shape index (κ2) is 7.67. The molecule has 1 heterocycles. The van der Waals surface area contributed by atoms with Crippen LogP contribution in [0.15, 0.2) is 53.0 Å². The van der Waals surface area contributed by atoms with E-state index in [1.165, 1.54) is 4.90 Å². The van der Waals surface area contributed by atoms with Gasteiger partial charge in [0.15, 0.2) is 0 Å². The summed E-state index contributed by atoms with van der Waals surface area (Å²) in [5.41, 5.74) is -0.0903. The lowest BCUT2D eigenvalue weighted by Gasteiger charge is -2.40. The number of likely N-dealkylation sites (tertiary alicyclic amines) is 1. The van der Waals surface area contributed by atoms with Crippen molar-refractivity contribution in [3.8, 4) is 0 Å². The first-order chi connectivity index (χ1) is 13.4. The van der Waals surface area contributed by atoms with Crippen LogP contribution in [-0.2, 0) is 5.54 Å². The fourth-order valence-electron chi connectivity index (χ4n) is 4.47. The van der Waals surface area contributed by atoms with Crippen LogP contribution in [0.4, 0.5) is 23.7 Å². The van der Waals surface area contributed by atoms with Gasteiger partial charge in [0.25, 0.3) is 0 Å². The minimum atomic E-state index is -4.42. The first-order valence-electron chi connectivity index (χ1n) is 9.39. The van der Waals surface area contributed by atoms with E-state index in [-0.39, 0.29) is 13.0 Å². The second-order valence-corrected chi connectivity index (χ2v) is 9.42. The number of alkyl halides is 3. The summed E-state index contributed by atoms with van der Waals surface area (Å²) in [4.78, 5) is 14.6. The van der Waals surface area contributed by atoms with E-state index in [1.54, 1.807) is 49.4 Å². The molecule has 0 saturated carbocycles. The molecule has 3 nitrogen and oxygen atoms in total. The quantitative estimate of drug-likeness (QED) is 0.523. The summed E-state index contributed by atoms with van der Waals surface area (Å²) in [6.45, 7) is 5.84. The van der Waals surface area contributed by atoms with Gasteiger partial charge < -0.3 is 10.2 Å². The Morgan fingerprint density at radius 3 is 2.48 bits per heavy atom. The molecule has 7 heteroatoms. The van der Waals surface area contributed by atoms with Gasteiger partial charge in [-0.15, -0.1) is 0 Å². The van der Waals surface area contributed by atoms with Crippen molar-refractivity contribution in [3.63, 3.8) is 0 Å². The van der Waals surface area contributed by atoms with Crippen molar-refractivity contribution in [3.05, 3.63) is 64.1 Å². The van der Waals surface area contributed by atoms with Crippen molar-refractivity contribution >= 4 is 27.6 Å². The van der Waals surface area contributed by atoms with Crippen molar-refractivity contribution in [2.75, 3.05) is 11.9 Å². The van der Waals surface area contributed by atoms with Crippen LogP contribution in [0.2, 0.25) is 0 Å². The highest BCUT2D eigenvalue weighted by molar-refractivity contribution is 9.10. The summed E-state index contributed by atoms with van der Waals surface area (Å²) >= 11 is 3.35. The Morgan fingerprint density at radius 2 is 1.86 bits per heavy atom. The minimum absolute atomic E-state index is 0.232. The summed E-state index contributed by atoms with van der Waals surface area (Å²) < 4.78 is 42.1. The number of benzene rings is 2. The molecule has 0 aromatic heterocycles. The van der Waals surface area contributed by atoms with Gasteiger partial charge >= 0.3 is 12.2 Å². The molecule has 0 bridgehead atoms. The van der Waals surface area contributed by atoms with E-state index < -0.39 is 29.6 Å². The molecule has 0 spiro atoms. The van der Waals surface area contributed by atoms with Crippen molar-refractivity contribution in [1.82, 2.24) is 4.90 Å². The van der Waals surface area contributed by atoms with Crippen LogP contribution in [0, 0.1) is 12.3 Å². The summed E-state index contributed by atoms with van der Waals surface area (Å²) in [6, 6.07) is 13.5. The van der Waals surface area contributed by atoms with Gasteiger partial charge in [-0.05, 0) is 48.1 Å². The Balaban J connectivity index is 2.08. The standard InChI is InChI=1S/C22H24BrF3N2O/c1-15-7-4-5-10-18(15)21(13-22(24,25)26)12-20(2,3)14-28(21)19(29)27-17-9-6-8-16(23)11-17/h4-11H,12-14H2,1-3H3,(H,27,29)/t21-/m1/s1. The number of amides is 2. The fourth-order valence-corrected chi connectivity index (χ4v) is 4.87. The van der Waals surface area contributed by atoms with Crippen LogP contribution in [0.3, 0.4) is 0 Å². The highest BCUT2D eigenvalue weighted by atomic mass is 79.9. The van der Waals surface area contributed by atoms with E-state index in [4.69, 9.17) is 0 Å². The van der Waals surface area contributed by atoms with E-state index in [2.05, 4.69) is 21.2 Å². The number of hydrogen-bond donors (Lipinski definition) is 1. The number of carbonyl (C=O) groups excluding carboxylic acids is 1. The number of carbonyl (C=O) groups is 1. The zero-order valence-electron chi connectivity index (χ0n) is 16.6. The van der Waals surface area contributed by atoms with Gasteiger partial charge in [0, 0.05) is 16.7 Å². The molecule has 3 rings (SSSR count). The van der Waals surface area contributed by atoms with Gasteiger partial charge in [-0.25, -0.2) is 4.79 Å². The molecule has 156 valence electrons. The summed E-state index contributed by atoms with van der Waals surface area (Å²) in [7, 11) is 0. The third-order valence-corrected chi connectivity index (χ3v) is 5.83. The number of rotatable bonds is 3. The largest absolute Gasteiger partial charge is 0.391 e. The lowest BCUT2D eigenvalue weighted by atomic mass is 9.76. The number of halogens is 4. The molecular formula is C22H24BrF3N2O. The molecule has 1 aliphatic heterocycles. The van der Waals surface area contributed by atoms with E-state index in [0.717, 1.165) is 10.0 Å². The maximum Gasteiger partial charge on any atom is 0.391 e. The van der Waals surface area contributed by atoms with Gasteiger partial charge in [-0.3, -0.25) is 0 Å².